The Morgan fingerprint density at radius 1 is 0.559 bits per heavy atom. The second-order valence-electron chi connectivity index (χ2n) is 10.9. The van der Waals surface area contributed by atoms with Gasteiger partial charge in [-0.25, -0.2) is 0 Å². The third kappa shape index (κ3) is 3.94. The molecule has 172 valence electrons. The lowest BCUT2D eigenvalue weighted by Crippen LogP contribution is -2.31. The predicted octanol–water partition coefficient (Wildman–Crippen LogP) is 9.57. The van der Waals surface area contributed by atoms with Gasteiger partial charge in [0.25, 0.3) is 0 Å². The van der Waals surface area contributed by atoms with Gasteiger partial charge in [-0.1, -0.05) is 107 Å². The van der Waals surface area contributed by atoms with Crippen molar-refractivity contribution in [2.45, 2.75) is 58.4 Å². The molecule has 0 aliphatic heterocycles. The van der Waals surface area contributed by atoms with Crippen LogP contribution >= 0.6 is 0 Å². The summed E-state index contributed by atoms with van der Waals surface area (Å²) in [7, 11) is 0. The molecule has 0 aromatic heterocycles. The van der Waals surface area contributed by atoms with Crippen LogP contribution in [0.4, 0.5) is 5.69 Å². The zero-order valence-electron chi connectivity index (χ0n) is 21.1. The Labute approximate surface area is 203 Å². The number of benzene rings is 5. The summed E-state index contributed by atoms with van der Waals surface area (Å²) in [5.41, 5.74) is 3.88. The third-order valence-corrected chi connectivity index (χ3v) is 7.30. The summed E-state index contributed by atoms with van der Waals surface area (Å²) in [4.78, 5) is 0. The van der Waals surface area contributed by atoms with E-state index in [1.165, 1.54) is 49.1 Å². The van der Waals surface area contributed by atoms with Gasteiger partial charge in [-0.05, 0) is 80.4 Å². The van der Waals surface area contributed by atoms with E-state index in [1.54, 1.807) is 0 Å². The van der Waals surface area contributed by atoms with E-state index in [0.29, 0.717) is 0 Å². The lowest BCUT2D eigenvalue weighted by atomic mass is 9.84. The van der Waals surface area contributed by atoms with Crippen LogP contribution in [-0.2, 0) is 11.0 Å². The van der Waals surface area contributed by atoms with Crippen LogP contribution in [0.25, 0.3) is 32.3 Å². The van der Waals surface area contributed by atoms with E-state index in [2.05, 4.69) is 131 Å². The molecule has 0 amide bonds. The van der Waals surface area contributed by atoms with Gasteiger partial charge in [0.05, 0.1) is 5.54 Å². The zero-order chi connectivity index (χ0) is 23.9. The fourth-order valence-electron chi connectivity index (χ4n) is 5.40. The van der Waals surface area contributed by atoms with E-state index in [4.69, 9.17) is 0 Å². The summed E-state index contributed by atoms with van der Waals surface area (Å²) in [5, 5.41) is 11.9. The first kappa shape index (κ1) is 22.5. The third-order valence-electron chi connectivity index (χ3n) is 7.30. The average Bonchev–Trinajstić information content (AvgIpc) is 2.84. The van der Waals surface area contributed by atoms with Crippen LogP contribution in [0, 0.1) is 0 Å². The highest BCUT2D eigenvalue weighted by molar-refractivity contribution is 6.25. The number of anilines is 1. The minimum atomic E-state index is -0.154. The van der Waals surface area contributed by atoms with E-state index in [0.717, 1.165) is 12.8 Å². The summed E-state index contributed by atoms with van der Waals surface area (Å²) in [5.74, 6) is 0. The lowest BCUT2D eigenvalue weighted by Gasteiger charge is -2.33. The van der Waals surface area contributed by atoms with Crippen molar-refractivity contribution < 1.29 is 0 Å². The van der Waals surface area contributed by atoms with Crippen LogP contribution in [0.5, 0.6) is 0 Å². The first-order valence-electron chi connectivity index (χ1n) is 12.5. The van der Waals surface area contributed by atoms with Gasteiger partial charge in [-0.3, -0.25) is 0 Å². The van der Waals surface area contributed by atoms with Crippen molar-refractivity contribution >= 4 is 38.0 Å². The predicted molar refractivity (Wildman–Crippen MR) is 150 cm³/mol. The number of rotatable bonds is 5. The molecule has 1 heteroatoms. The second-order valence-corrected chi connectivity index (χ2v) is 10.9. The van der Waals surface area contributed by atoms with Crippen molar-refractivity contribution in [3.05, 3.63) is 102 Å². The van der Waals surface area contributed by atoms with E-state index >= 15 is 0 Å². The molecular formula is C33H35N. The maximum Gasteiger partial charge on any atom is 0.0597 e. The molecule has 0 heterocycles. The van der Waals surface area contributed by atoms with Crippen molar-refractivity contribution in [1.29, 1.82) is 0 Å². The first-order chi connectivity index (χ1) is 16.3. The highest BCUT2D eigenvalue weighted by atomic mass is 15.0. The molecule has 5 rings (SSSR count). The zero-order valence-corrected chi connectivity index (χ0v) is 21.1. The quantitative estimate of drug-likeness (QED) is 0.266. The molecule has 1 nitrogen and oxygen atoms in total. The Kier molecular flexibility index (Phi) is 5.60. The molecule has 5 aromatic rings. The Balaban J connectivity index is 1.65. The molecule has 5 aromatic carbocycles. The van der Waals surface area contributed by atoms with E-state index in [-0.39, 0.29) is 11.0 Å². The number of fused-ring (bicyclic) bond motifs is 6. The topological polar surface area (TPSA) is 12.0 Å². The summed E-state index contributed by atoms with van der Waals surface area (Å²) < 4.78 is 0. The molecule has 1 atom stereocenters. The molecule has 1 N–H and O–H groups in total. The SMILES string of the molecule is CCCC(C)(Nc1ccc(C(C)(C)C)cc1)c1ccc2c3ccccc3c3ccccc3c2c1. The van der Waals surface area contributed by atoms with Crippen molar-refractivity contribution in [2.24, 2.45) is 0 Å². The molecule has 34 heavy (non-hydrogen) atoms. The molecular weight excluding hydrogens is 410 g/mol. The van der Waals surface area contributed by atoms with Crippen molar-refractivity contribution in [3.8, 4) is 0 Å². The van der Waals surface area contributed by atoms with Crippen LogP contribution in [0.2, 0.25) is 0 Å². The molecule has 0 fully saturated rings. The first-order valence-corrected chi connectivity index (χ1v) is 12.5. The second kappa shape index (κ2) is 8.47. The van der Waals surface area contributed by atoms with Crippen LogP contribution in [0.15, 0.2) is 91.0 Å². The van der Waals surface area contributed by atoms with Gasteiger partial charge in [-0.2, -0.15) is 0 Å². The minimum Gasteiger partial charge on any atom is -0.376 e. The van der Waals surface area contributed by atoms with Crippen molar-refractivity contribution in [2.75, 3.05) is 5.32 Å². The number of hydrogen-bond donors (Lipinski definition) is 1. The fourth-order valence-corrected chi connectivity index (χ4v) is 5.40. The van der Waals surface area contributed by atoms with Gasteiger partial charge in [0.15, 0.2) is 0 Å². The van der Waals surface area contributed by atoms with Gasteiger partial charge in [0.2, 0.25) is 0 Å². The highest BCUT2D eigenvalue weighted by Gasteiger charge is 2.26. The van der Waals surface area contributed by atoms with Gasteiger partial charge in [-0.15, -0.1) is 0 Å². The Bertz CT molecular complexity index is 1440. The Hall–Kier alpha value is -3.32. The van der Waals surface area contributed by atoms with Crippen LogP contribution in [-0.4, -0.2) is 0 Å². The molecule has 0 saturated carbocycles. The standard InChI is InChI=1S/C33H35N/c1-6-21-33(5,34-25-18-15-23(16-19-25)32(2,3)4)24-17-20-30-28-13-8-7-11-26(28)27-12-9-10-14-29(27)31(30)22-24/h7-20,22,34H,6,21H2,1-5H3. The average molecular weight is 446 g/mol. The molecule has 1 unspecified atom stereocenters. The lowest BCUT2D eigenvalue weighted by molar-refractivity contribution is 0.489. The van der Waals surface area contributed by atoms with Crippen LogP contribution in [0.1, 0.15) is 58.6 Å². The van der Waals surface area contributed by atoms with Gasteiger partial charge >= 0.3 is 0 Å². The van der Waals surface area contributed by atoms with E-state index in [9.17, 15) is 0 Å². The molecule has 0 saturated heterocycles. The molecule has 0 radical (unpaired) electrons. The van der Waals surface area contributed by atoms with E-state index in [1.807, 2.05) is 0 Å². The van der Waals surface area contributed by atoms with Gasteiger partial charge in [0, 0.05) is 5.69 Å². The molecule has 0 aliphatic carbocycles. The normalized spacial score (nSPS) is 13.9. The summed E-state index contributed by atoms with van der Waals surface area (Å²) in [6.07, 6.45) is 2.17. The summed E-state index contributed by atoms with van der Waals surface area (Å²) in [6.45, 7) is 11.4. The minimum absolute atomic E-state index is 0.154. The van der Waals surface area contributed by atoms with Gasteiger partial charge < -0.3 is 5.32 Å². The number of hydrogen-bond acceptors (Lipinski definition) is 1. The highest BCUT2D eigenvalue weighted by Crippen LogP contribution is 2.39. The van der Waals surface area contributed by atoms with Crippen molar-refractivity contribution in [1.82, 2.24) is 0 Å². The molecule has 0 spiro atoms. The maximum absolute atomic E-state index is 3.90. The molecule has 0 bridgehead atoms. The monoisotopic (exact) mass is 445 g/mol. The maximum atomic E-state index is 3.90. The Morgan fingerprint density at radius 3 is 1.53 bits per heavy atom. The van der Waals surface area contributed by atoms with Gasteiger partial charge in [0.1, 0.15) is 0 Å². The Morgan fingerprint density at radius 2 is 1.03 bits per heavy atom. The van der Waals surface area contributed by atoms with Crippen molar-refractivity contribution in [3.63, 3.8) is 0 Å². The van der Waals surface area contributed by atoms with Crippen LogP contribution < -0.4 is 5.32 Å². The fraction of sp³-hybridized carbons (Fsp3) is 0.273. The summed E-state index contributed by atoms with van der Waals surface area (Å²) in [6, 6.07) is 33.7. The largest absolute Gasteiger partial charge is 0.376 e. The smallest absolute Gasteiger partial charge is 0.0597 e. The van der Waals surface area contributed by atoms with E-state index < -0.39 is 0 Å². The molecule has 0 aliphatic rings. The summed E-state index contributed by atoms with van der Waals surface area (Å²) >= 11 is 0. The van der Waals surface area contributed by atoms with Crippen LogP contribution in [0.3, 0.4) is 0 Å². The number of nitrogens with one attached hydrogen (secondary N) is 1.